The monoisotopic (exact) mass is 676 g/mol. The van der Waals surface area contributed by atoms with Crippen LogP contribution in [0, 0.1) is 0 Å². The first kappa shape index (κ1) is 34.7. The van der Waals surface area contributed by atoms with Gasteiger partial charge in [-0.25, -0.2) is 4.99 Å². The number of aromatic nitrogens is 1. The predicted molar refractivity (Wildman–Crippen MR) is 204 cm³/mol. The Morgan fingerprint density at radius 1 is 0.735 bits per heavy atom. The van der Waals surface area contributed by atoms with Crippen LogP contribution in [0.2, 0.25) is 0 Å². The number of amidine groups is 1. The Labute approximate surface area is 295 Å². The lowest BCUT2D eigenvalue weighted by Crippen LogP contribution is -2.49. The molecule has 1 fully saturated rings. The summed E-state index contributed by atoms with van der Waals surface area (Å²) < 4.78 is 7.66. The predicted octanol–water partition coefficient (Wildman–Crippen LogP) is 6.29. The minimum atomic E-state index is 0.0898. The molecule has 7 rings (SSSR count). The fraction of sp³-hybridized carbons (Fsp3) is 0.325. The number of nitrogens with zero attached hydrogens (tertiary/aromatic N) is 6. The van der Waals surface area contributed by atoms with Gasteiger partial charge in [-0.2, -0.15) is 0 Å². The van der Waals surface area contributed by atoms with Crippen LogP contribution in [0.1, 0.15) is 5.56 Å². The molecule has 0 amide bonds. The molecule has 1 saturated heterocycles. The number of aliphatic imine (C=N–C) groups is 1. The average molecular weight is 677 g/mol. The van der Waals surface area contributed by atoms with Crippen molar-refractivity contribution in [3.63, 3.8) is 0 Å². The number of hydrogen-bond donors (Lipinski definition) is 1. The highest BCUT2D eigenvalue weighted by Crippen LogP contribution is 2.40. The molecule has 5 aromatic rings. The van der Waals surface area contributed by atoms with Gasteiger partial charge < -0.3 is 24.7 Å². The maximum absolute atomic E-state index is 8.79. The summed E-state index contributed by atoms with van der Waals surface area (Å²) in [7, 11) is 6.36. The molecule has 0 spiro atoms. The second kappa shape index (κ2) is 17.0. The van der Waals surface area contributed by atoms with Gasteiger partial charge in [0.15, 0.2) is 0 Å². The zero-order valence-electron chi connectivity index (χ0n) is 28.9. The van der Waals surface area contributed by atoms with E-state index in [0.717, 1.165) is 57.3 Å². The lowest BCUT2D eigenvalue weighted by Gasteiger charge is -2.36. The quantitative estimate of drug-likeness (QED) is 0.175. The number of piperazine rings is 1. The Kier molecular flexibility index (Phi) is 12.1. The van der Waals surface area contributed by atoms with Crippen LogP contribution in [0.15, 0.2) is 124 Å². The SMILES string of the molecule is CN(C)CCN(C)n1cc(-c2ccccc2)c2ccccc21.OCCOCCN1CCN(C2=Nc3ccccc3Sc3ccccc32)CC1. The van der Waals surface area contributed by atoms with E-state index in [1.807, 2.05) is 0 Å². The molecule has 3 heterocycles. The highest BCUT2D eigenvalue weighted by Gasteiger charge is 2.25. The fourth-order valence-corrected chi connectivity index (χ4v) is 7.22. The van der Waals surface area contributed by atoms with E-state index in [1.165, 1.54) is 37.4 Å². The Morgan fingerprint density at radius 3 is 2.20 bits per heavy atom. The van der Waals surface area contributed by atoms with Crippen LogP contribution in [0.25, 0.3) is 22.0 Å². The molecule has 2 aliphatic rings. The van der Waals surface area contributed by atoms with E-state index in [0.29, 0.717) is 13.2 Å². The molecule has 9 heteroatoms. The van der Waals surface area contributed by atoms with E-state index in [-0.39, 0.29) is 6.61 Å². The van der Waals surface area contributed by atoms with E-state index >= 15 is 0 Å². The van der Waals surface area contributed by atoms with Crippen molar-refractivity contribution in [2.75, 3.05) is 91.8 Å². The molecule has 256 valence electrons. The van der Waals surface area contributed by atoms with Crippen molar-refractivity contribution in [1.82, 2.24) is 19.4 Å². The van der Waals surface area contributed by atoms with Gasteiger partial charge in [0, 0.05) is 85.4 Å². The lowest BCUT2D eigenvalue weighted by atomic mass is 10.1. The van der Waals surface area contributed by atoms with Crippen molar-refractivity contribution in [1.29, 1.82) is 0 Å². The van der Waals surface area contributed by atoms with Gasteiger partial charge in [0.05, 0.1) is 31.0 Å². The number of ether oxygens (including phenoxy) is 1. The summed E-state index contributed by atoms with van der Waals surface area (Å²) in [6.07, 6.45) is 2.25. The summed E-state index contributed by atoms with van der Waals surface area (Å²) in [6, 6.07) is 36.1. The van der Waals surface area contributed by atoms with Crippen LogP contribution in [0.3, 0.4) is 0 Å². The van der Waals surface area contributed by atoms with Crippen molar-refractivity contribution in [2.24, 2.45) is 4.99 Å². The van der Waals surface area contributed by atoms with Crippen molar-refractivity contribution in [2.45, 2.75) is 9.79 Å². The summed E-state index contributed by atoms with van der Waals surface area (Å²) in [5.41, 5.74) is 6.07. The fourth-order valence-electron chi connectivity index (χ4n) is 6.20. The van der Waals surface area contributed by atoms with Crippen molar-refractivity contribution in [3.8, 4) is 11.1 Å². The van der Waals surface area contributed by atoms with Crippen LogP contribution < -0.4 is 5.01 Å². The maximum Gasteiger partial charge on any atom is 0.137 e. The van der Waals surface area contributed by atoms with Gasteiger partial charge in [-0.05, 0) is 43.9 Å². The molecule has 8 nitrogen and oxygen atoms in total. The third-order valence-corrected chi connectivity index (χ3v) is 10.1. The number of aliphatic hydroxyl groups is 1. The van der Waals surface area contributed by atoms with E-state index in [4.69, 9.17) is 14.8 Å². The van der Waals surface area contributed by atoms with Gasteiger partial charge in [0.2, 0.25) is 0 Å². The minimum absolute atomic E-state index is 0.0898. The van der Waals surface area contributed by atoms with Crippen LogP contribution in [-0.2, 0) is 4.74 Å². The highest BCUT2D eigenvalue weighted by molar-refractivity contribution is 7.99. The van der Waals surface area contributed by atoms with Crippen LogP contribution in [-0.4, -0.2) is 117 Å². The third-order valence-electron chi connectivity index (χ3n) is 8.91. The van der Waals surface area contributed by atoms with Crippen LogP contribution in [0.4, 0.5) is 5.69 Å². The molecule has 0 unspecified atom stereocenters. The molecule has 0 atom stereocenters. The number of benzene rings is 4. The molecule has 4 aromatic carbocycles. The molecule has 0 saturated carbocycles. The molecule has 0 bridgehead atoms. The number of hydrogen-bond acceptors (Lipinski definition) is 8. The minimum Gasteiger partial charge on any atom is -0.394 e. The summed E-state index contributed by atoms with van der Waals surface area (Å²) in [5.74, 6) is 1.08. The number of para-hydroxylation sites is 2. The van der Waals surface area contributed by atoms with E-state index in [2.05, 4.69) is 155 Å². The Balaban J connectivity index is 0.000000174. The first-order valence-electron chi connectivity index (χ1n) is 17.1. The number of rotatable bonds is 10. The summed E-state index contributed by atoms with van der Waals surface area (Å²) in [5, 5.41) is 12.4. The normalized spacial score (nSPS) is 14.5. The van der Waals surface area contributed by atoms with Crippen molar-refractivity contribution >= 4 is 34.2 Å². The summed E-state index contributed by atoms with van der Waals surface area (Å²) in [6.45, 7) is 8.03. The van der Waals surface area contributed by atoms with Crippen molar-refractivity contribution in [3.05, 3.63) is 115 Å². The first-order valence-corrected chi connectivity index (χ1v) is 18.0. The molecule has 1 N–H and O–H groups in total. The smallest absolute Gasteiger partial charge is 0.137 e. The Hall–Kier alpha value is -4.12. The zero-order valence-corrected chi connectivity index (χ0v) is 29.7. The molecule has 49 heavy (non-hydrogen) atoms. The lowest BCUT2D eigenvalue weighted by molar-refractivity contribution is 0.0652. The highest BCUT2D eigenvalue weighted by atomic mass is 32.2. The molecule has 1 aromatic heterocycles. The number of fused-ring (bicyclic) bond motifs is 3. The summed E-state index contributed by atoms with van der Waals surface area (Å²) in [4.78, 5) is 14.6. The second-order valence-corrected chi connectivity index (χ2v) is 13.7. The van der Waals surface area contributed by atoms with Crippen LogP contribution in [0.5, 0.6) is 0 Å². The van der Waals surface area contributed by atoms with Crippen LogP contribution >= 0.6 is 11.8 Å². The Morgan fingerprint density at radius 2 is 1.43 bits per heavy atom. The second-order valence-electron chi connectivity index (χ2n) is 12.6. The Bertz CT molecular complexity index is 1820. The van der Waals surface area contributed by atoms with E-state index in [9.17, 15) is 0 Å². The van der Waals surface area contributed by atoms with Gasteiger partial charge in [-0.1, -0.05) is 90.6 Å². The largest absolute Gasteiger partial charge is 0.394 e. The van der Waals surface area contributed by atoms with Crippen molar-refractivity contribution < 1.29 is 9.84 Å². The van der Waals surface area contributed by atoms with Gasteiger partial charge in [0.1, 0.15) is 5.84 Å². The molecule has 2 aliphatic heterocycles. The first-order chi connectivity index (χ1) is 24.0. The molecular weight excluding hydrogens is 629 g/mol. The topological polar surface area (TPSA) is 59.7 Å². The summed E-state index contributed by atoms with van der Waals surface area (Å²) >= 11 is 1.80. The molecule has 0 aliphatic carbocycles. The average Bonchev–Trinajstić information content (AvgIpc) is 3.44. The molecule has 0 radical (unpaired) electrons. The maximum atomic E-state index is 8.79. The zero-order chi connectivity index (χ0) is 34.0. The number of likely N-dealkylation sites (N-methyl/N-ethyl adjacent to an activating group) is 2. The van der Waals surface area contributed by atoms with Gasteiger partial charge in [0.25, 0.3) is 0 Å². The van der Waals surface area contributed by atoms with E-state index in [1.54, 1.807) is 11.8 Å². The van der Waals surface area contributed by atoms with E-state index < -0.39 is 0 Å². The van der Waals surface area contributed by atoms with Gasteiger partial charge in [-0.15, -0.1) is 0 Å². The van der Waals surface area contributed by atoms with Gasteiger partial charge >= 0.3 is 0 Å². The third kappa shape index (κ3) is 8.73. The molecular formula is C40H48N6O2S. The standard InChI is InChI=1S/C21H25N3O2S.C19H23N3/c25-14-16-26-15-13-23-9-11-24(12-10-23)21-17-5-1-3-7-19(17)27-20-8-4-2-6-18(20)22-21;1-20(2)13-14-21(3)22-15-18(16-9-5-4-6-10-16)17-11-7-8-12-19(17)22/h1-8,25H,9-16H2;4-12,15H,13-14H2,1-3H3. The van der Waals surface area contributed by atoms with Gasteiger partial charge in [-0.3, -0.25) is 9.58 Å². The number of aliphatic hydroxyl groups excluding tert-OH is 1.